The number of nitrogens with two attached hydrogens (primary N) is 1. The third kappa shape index (κ3) is 6.16. The Balaban J connectivity index is 1.66. The number of halogens is 1. The molecular weight excluding hydrogens is 356 g/mol. The molecule has 120 valence electrons. The Bertz CT molecular complexity index is 672. The summed E-state index contributed by atoms with van der Waals surface area (Å²) in [6.07, 6.45) is 4.21. The molecule has 0 heterocycles. The van der Waals surface area contributed by atoms with Crippen molar-refractivity contribution in [3.63, 3.8) is 0 Å². The van der Waals surface area contributed by atoms with Gasteiger partial charge in [0.15, 0.2) is 0 Å². The summed E-state index contributed by atoms with van der Waals surface area (Å²) in [5, 5.41) is 2.71. The van der Waals surface area contributed by atoms with Crippen LogP contribution in [-0.2, 0) is 11.3 Å². The zero-order chi connectivity index (χ0) is 16.5. The van der Waals surface area contributed by atoms with Gasteiger partial charge in [0.25, 0.3) is 0 Å². The van der Waals surface area contributed by atoms with Crippen molar-refractivity contribution in [1.82, 2.24) is 5.32 Å². The summed E-state index contributed by atoms with van der Waals surface area (Å²) in [4.78, 5) is 11.6. The van der Waals surface area contributed by atoms with Gasteiger partial charge < -0.3 is 15.8 Å². The van der Waals surface area contributed by atoms with Gasteiger partial charge in [-0.1, -0.05) is 64.5 Å². The summed E-state index contributed by atoms with van der Waals surface area (Å²) >= 11 is 3.37. The minimum atomic E-state index is -0.412. The van der Waals surface area contributed by atoms with E-state index in [0.29, 0.717) is 18.7 Å². The second kappa shape index (κ2) is 9.00. The molecule has 2 aromatic carbocycles. The van der Waals surface area contributed by atoms with Crippen LogP contribution in [0.5, 0.6) is 0 Å². The highest BCUT2D eigenvalue weighted by molar-refractivity contribution is 9.10. The summed E-state index contributed by atoms with van der Waals surface area (Å²) in [6, 6.07) is 15.3. The maximum atomic E-state index is 11.6. The van der Waals surface area contributed by atoms with E-state index in [1.54, 1.807) is 0 Å². The number of rotatable bonds is 6. The Hall–Kier alpha value is -2.27. The summed E-state index contributed by atoms with van der Waals surface area (Å²) in [5.41, 5.74) is 8.55. The van der Waals surface area contributed by atoms with Gasteiger partial charge in [0.1, 0.15) is 6.61 Å². The lowest BCUT2D eigenvalue weighted by atomic mass is 10.1. The fourth-order valence-corrected chi connectivity index (χ4v) is 2.32. The van der Waals surface area contributed by atoms with Gasteiger partial charge in [-0.05, 0) is 29.7 Å². The Labute approximate surface area is 144 Å². The maximum absolute atomic E-state index is 11.6. The van der Waals surface area contributed by atoms with Gasteiger partial charge in [-0.2, -0.15) is 0 Å². The van der Waals surface area contributed by atoms with Crippen LogP contribution < -0.4 is 11.1 Å². The molecule has 0 atom stereocenters. The molecule has 0 spiro atoms. The Morgan fingerprint density at radius 1 is 1.22 bits per heavy atom. The van der Waals surface area contributed by atoms with E-state index < -0.39 is 6.09 Å². The number of ether oxygens (including phenoxy) is 1. The van der Waals surface area contributed by atoms with Crippen molar-refractivity contribution in [2.24, 2.45) is 0 Å². The maximum Gasteiger partial charge on any atom is 0.407 e. The second-order valence-electron chi connectivity index (χ2n) is 4.95. The van der Waals surface area contributed by atoms with Crippen LogP contribution in [0.15, 0.2) is 59.1 Å². The zero-order valence-electron chi connectivity index (χ0n) is 12.7. The van der Waals surface area contributed by atoms with Crippen LogP contribution in [0.25, 0.3) is 6.08 Å². The predicted octanol–water partition coefficient (Wildman–Crippen LogP) is 4.36. The predicted molar refractivity (Wildman–Crippen MR) is 96.8 cm³/mol. The number of nitrogen functional groups attached to an aromatic ring is 1. The van der Waals surface area contributed by atoms with E-state index in [9.17, 15) is 4.79 Å². The molecular formula is C18H19BrN2O2. The molecule has 0 radical (unpaired) electrons. The van der Waals surface area contributed by atoms with E-state index in [1.165, 1.54) is 0 Å². The molecule has 1 amide bonds. The molecule has 0 aliphatic carbocycles. The minimum absolute atomic E-state index is 0.276. The number of carbonyl (C=O) groups excluding carboxylic acids is 1. The van der Waals surface area contributed by atoms with E-state index in [2.05, 4.69) is 21.2 Å². The summed E-state index contributed by atoms with van der Waals surface area (Å²) in [5.74, 6) is 0. The molecule has 3 N–H and O–H groups in total. The van der Waals surface area contributed by atoms with Crippen LogP contribution in [0.2, 0.25) is 0 Å². The summed E-state index contributed by atoms with van der Waals surface area (Å²) < 4.78 is 6.08. The molecule has 2 aromatic rings. The first kappa shape index (κ1) is 17.1. The number of benzene rings is 2. The molecule has 0 unspecified atom stereocenters. The Kier molecular flexibility index (Phi) is 6.69. The van der Waals surface area contributed by atoms with E-state index in [1.807, 2.05) is 60.7 Å². The smallest absolute Gasteiger partial charge is 0.407 e. The van der Waals surface area contributed by atoms with Gasteiger partial charge in [0.05, 0.1) is 0 Å². The molecule has 0 saturated carbocycles. The van der Waals surface area contributed by atoms with E-state index in [0.717, 1.165) is 15.6 Å². The van der Waals surface area contributed by atoms with Gasteiger partial charge in [0, 0.05) is 16.7 Å². The third-order valence-electron chi connectivity index (χ3n) is 3.14. The monoisotopic (exact) mass is 374 g/mol. The molecule has 2 rings (SSSR count). The third-order valence-corrected chi connectivity index (χ3v) is 3.63. The number of carbonyl (C=O) groups is 1. The fourth-order valence-electron chi connectivity index (χ4n) is 1.94. The second-order valence-corrected chi connectivity index (χ2v) is 5.87. The van der Waals surface area contributed by atoms with Crippen molar-refractivity contribution >= 4 is 33.8 Å². The van der Waals surface area contributed by atoms with Crippen LogP contribution in [-0.4, -0.2) is 12.6 Å². The zero-order valence-corrected chi connectivity index (χ0v) is 14.3. The molecule has 0 saturated heterocycles. The van der Waals surface area contributed by atoms with Crippen LogP contribution in [0.4, 0.5) is 10.5 Å². The fraction of sp³-hybridized carbons (Fsp3) is 0.167. The van der Waals surface area contributed by atoms with Crippen LogP contribution in [0, 0.1) is 0 Å². The first-order chi connectivity index (χ1) is 11.1. The summed E-state index contributed by atoms with van der Waals surface area (Å²) in [6.45, 7) is 0.790. The van der Waals surface area contributed by atoms with Crippen molar-refractivity contribution in [2.75, 3.05) is 12.3 Å². The Morgan fingerprint density at radius 2 is 2.00 bits per heavy atom. The number of hydrogen-bond acceptors (Lipinski definition) is 3. The first-order valence-electron chi connectivity index (χ1n) is 7.31. The number of amides is 1. The molecule has 5 heteroatoms. The van der Waals surface area contributed by atoms with Gasteiger partial charge in [-0.3, -0.25) is 0 Å². The average molecular weight is 375 g/mol. The quantitative estimate of drug-likeness (QED) is 0.583. The molecule has 0 aliphatic rings. The van der Waals surface area contributed by atoms with Crippen molar-refractivity contribution in [3.05, 3.63) is 70.2 Å². The highest BCUT2D eigenvalue weighted by Gasteiger charge is 2.01. The van der Waals surface area contributed by atoms with Crippen LogP contribution in [0.1, 0.15) is 17.5 Å². The molecule has 0 aliphatic heterocycles. The first-order valence-corrected chi connectivity index (χ1v) is 8.10. The topological polar surface area (TPSA) is 64.3 Å². The van der Waals surface area contributed by atoms with Crippen LogP contribution >= 0.6 is 15.9 Å². The van der Waals surface area contributed by atoms with Crippen molar-refractivity contribution in [3.8, 4) is 0 Å². The molecule has 0 fully saturated rings. The summed E-state index contributed by atoms with van der Waals surface area (Å²) in [7, 11) is 0. The molecule has 4 nitrogen and oxygen atoms in total. The lowest BCUT2D eigenvalue weighted by Crippen LogP contribution is -2.24. The van der Waals surface area contributed by atoms with Crippen molar-refractivity contribution in [1.29, 1.82) is 0 Å². The van der Waals surface area contributed by atoms with Gasteiger partial charge in [-0.15, -0.1) is 0 Å². The standard InChI is InChI=1S/C18H19BrN2O2/c19-16-10-9-15(17(20)12-16)8-4-5-11-21-18(22)23-13-14-6-2-1-3-7-14/h1-4,6-10,12H,5,11,13,20H2,(H,21,22). The van der Waals surface area contributed by atoms with E-state index in [-0.39, 0.29) is 6.61 Å². The van der Waals surface area contributed by atoms with E-state index >= 15 is 0 Å². The molecule has 0 bridgehead atoms. The van der Waals surface area contributed by atoms with Gasteiger partial charge in [0.2, 0.25) is 0 Å². The highest BCUT2D eigenvalue weighted by Crippen LogP contribution is 2.19. The number of alkyl carbamates (subject to hydrolysis) is 1. The average Bonchev–Trinajstić information content (AvgIpc) is 2.55. The number of nitrogens with one attached hydrogen (secondary N) is 1. The number of hydrogen-bond donors (Lipinski definition) is 2. The highest BCUT2D eigenvalue weighted by atomic mass is 79.9. The van der Waals surface area contributed by atoms with Crippen molar-refractivity contribution < 1.29 is 9.53 Å². The van der Waals surface area contributed by atoms with Gasteiger partial charge >= 0.3 is 6.09 Å². The minimum Gasteiger partial charge on any atom is -0.445 e. The lowest BCUT2D eigenvalue weighted by Gasteiger charge is -2.06. The number of anilines is 1. The van der Waals surface area contributed by atoms with Crippen molar-refractivity contribution in [2.45, 2.75) is 13.0 Å². The Morgan fingerprint density at radius 3 is 2.74 bits per heavy atom. The SMILES string of the molecule is Nc1cc(Br)ccc1C=CCCNC(=O)OCc1ccccc1. The molecule has 0 aromatic heterocycles. The normalized spacial score (nSPS) is 10.7. The lowest BCUT2D eigenvalue weighted by molar-refractivity contribution is 0.140. The van der Waals surface area contributed by atoms with Crippen LogP contribution in [0.3, 0.4) is 0 Å². The molecule has 23 heavy (non-hydrogen) atoms. The van der Waals surface area contributed by atoms with Gasteiger partial charge in [-0.25, -0.2) is 4.79 Å². The van der Waals surface area contributed by atoms with E-state index in [4.69, 9.17) is 10.5 Å². The largest absolute Gasteiger partial charge is 0.445 e.